The van der Waals surface area contributed by atoms with E-state index in [0.717, 1.165) is 37.6 Å². The molecule has 29 heavy (non-hydrogen) atoms. The van der Waals surface area contributed by atoms with Gasteiger partial charge in [0, 0.05) is 24.3 Å². The molecular formula is C21H21FN4O3. The zero-order valence-electron chi connectivity index (χ0n) is 15.8. The summed E-state index contributed by atoms with van der Waals surface area (Å²) in [6.45, 7) is 3.37. The summed E-state index contributed by atoms with van der Waals surface area (Å²) in [5.74, 6) is 0.182. The van der Waals surface area contributed by atoms with E-state index >= 15 is 0 Å². The number of carbonyl (C=O) groups is 1. The van der Waals surface area contributed by atoms with E-state index in [1.165, 1.54) is 12.1 Å². The molecule has 1 aromatic heterocycles. The Labute approximate surface area is 167 Å². The van der Waals surface area contributed by atoms with Crippen LogP contribution in [0.3, 0.4) is 0 Å². The number of amides is 1. The van der Waals surface area contributed by atoms with Crippen molar-refractivity contribution in [3.05, 3.63) is 65.8 Å². The van der Waals surface area contributed by atoms with Crippen LogP contribution >= 0.6 is 0 Å². The average molecular weight is 396 g/mol. The normalized spacial score (nSPS) is 14.0. The second kappa shape index (κ2) is 8.83. The van der Waals surface area contributed by atoms with Gasteiger partial charge >= 0.3 is 0 Å². The number of nitrogens with one attached hydrogen (secondary N) is 1. The highest BCUT2D eigenvalue weighted by Crippen LogP contribution is 2.18. The van der Waals surface area contributed by atoms with Gasteiger partial charge in [0.2, 0.25) is 17.6 Å². The predicted octanol–water partition coefficient (Wildman–Crippen LogP) is 2.57. The van der Waals surface area contributed by atoms with Gasteiger partial charge in [-0.1, -0.05) is 17.3 Å². The predicted molar refractivity (Wildman–Crippen MR) is 105 cm³/mol. The SMILES string of the molecule is O=C(Cc1ccc(N2CCOCC2)cc1)NCc1nc(-c2ccc(F)cc2)no1. The van der Waals surface area contributed by atoms with Gasteiger partial charge < -0.3 is 19.5 Å². The number of hydrogen-bond donors (Lipinski definition) is 1. The smallest absolute Gasteiger partial charge is 0.246 e. The molecule has 1 amide bonds. The summed E-state index contributed by atoms with van der Waals surface area (Å²) >= 11 is 0. The maximum absolute atomic E-state index is 13.0. The fourth-order valence-electron chi connectivity index (χ4n) is 3.11. The minimum Gasteiger partial charge on any atom is -0.378 e. The Balaban J connectivity index is 1.28. The Hall–Kier alpha value is -3.26. The number of anilines is 1. The number of morpholine rings is 1. The molecule has 1 aliphatic rings. The first kappa shape index (κ1) is 19.1. The Morgan fingerprint density at radius 2 is 1.79 bits per heavy atom. The van der Waals surface area contributed by atoms with E-state index in [4.69, 9.17) is 9.26 Å². The number of aromatic nitrogens is 2. The van der Waals surface area contributed by atoms with Crippen LogP contribution in [0.4, 0.5) is 10.1 Å². The highest BCUT2D eigenvalue weighted by Gasteiger charge is 2.13. The van der Waals surface area contributed by atoms with Gasteiger partial charge in [-0.05, 0) is 42.0 Å². The molecule has 1 fully saturated rings. The first-order valence-corrected chi connectivity index (χ1v) is 9.44. The quantitative estimate of drug-likeness (QED) is 0.690. The van der Waals surface area contributed by atoms with Crippen LogP contribution in [0, 0.1) is 5.82 Å². The van der Waals surface area contributed by atoms with Crippen molar-refractivity contribution < 1.29 is 18.4 Å². The van der Waals surface area contributed by atoms with Crippen LogP contribution in [0.1, 0.15) is 11.5 Å². The molecule has 0 bridgehead atoms. The number of halogens is 1. The molecule has 0 spiro atoms. The van der Waals surface area contributed by atoms with Gasteiger partial charge in [0.15, 0.2) is 0 Å². The summed E-state index contributed by atoms with van der Waals surface area (Å²) in [5.41, 5.74) is 2.71. The molecule has 3 aromatic rings. The lowest BCUT2D eigenvalue weighted by Gasteiger charge is -2.28. The molecule has 7 nitrogen and oxygen atoms in total. The molecule has 0 atom stereocenters. The van der Waals surface area contributed by atoms with Crippen LogP contribution < -0.4 is 10.2 Å². The molecule has 2 heterocycles. The molecular weight excluding hydrogens is 375 g/mol. The Bertz CT molecular complexity index is 951. The van der Waals surface area contributed by atoms with Crippen molar-refractivity contribution >= 4 is 11.6 Å². The summed E-state index contributed by atoms with van der Waals surface area (Å²) in [7, 11) is 0. The third-order valence-corrected chi connectivity index (χ3v) is 4.68. The third-order valence-electron chi connectivity index (χ3n) is 4.68. The molecule has 0 radical (unpaired) electrons. The lowest BCUT2D eigenvalue weighted by Crippen LogP contribution is -2.36. The third kappa shape index (κ3) is 4.97. The first-order valence-electron chi connectivity index (χ1n) is 9.44. The lowest BCUT2D eigenvalue weighted by atomic mass is 10.1. The molecule has 4 rings (SSSR count). The minimum absolute atomic E-state index is 0.134. The van der Waals surface area contributed by atoms with Crippen LogP contribution in [0.15, 0.2) is 53.1 Å². The Morgan fingerprint density at radius 1 is 1.07 bits per heavy atom. The first-order chi connectivity index (χ1) is 14.2. The van der Waals surface area contributed by atoms with Crippen molar-refractivity contribution in [3.8, 4) is 11.4 Å². The summed E-state index contributed by atoms with van der Waals surface area (Å²) in [5, 5.41) is 6.64. The summed E-state index contributed by atoms with van der Waals surface area (Å²) in [6, 6.07) is 13.8. The fraction of sp³-hybridized carbons (Fsp3) is 0.286. The van der Waals surface area contributed by atoms with Gasteiger partial charge in [-0.15, -0.1) is 0 Å². The van der Waals surface area contributed by atoms with Crippen LogP contribution in [-0.2, 0) is 22.5 Å². The molecule has 0 aliphatic carbocycles. The summed E-state index contributed by atoms with van der Waals surface area (Å²) in [6.07, 6.45) is 0.266. The lowest BCUT2D eigenvalue weighted by molar-refractivity contribution is -0.120. The maximum atomic E-state index is 13.0. The van der Waals surface area contributed by atoms with Crippen molar-refractivity contribution in [2.75, 3.05) is 31.2 Å². The minimum atomic E-state index is -0.331. The largest absolute Gasteiger partial charge is 0.378 e. The molecule has 1 aliphatic heterocycles. The zero-order valence-corrected chi connectivity index (χ0v) is 15.8. The van der Waals surface area contributed by atoms with Gasteiger partial charge in [-0.2, -0.15) is 4.98 Å². The Morgan fingerprint density at radius 3 is 2.52 bits per heavy atom. The van der Waals surface area contributed by atoms with Gasteiger partial charge in [0.25, 0.3) is 0 Å². The number of hydrogen-bond acceptors (Lipinski definition) is 6. The topological polar surface area (TPSA) is 80.5 Å². The molecule has 1 N–H and O–H groups in total. The van der Waals surface area contributed by atoms with Crippen molar-refractivity contribution in [2.45, 2.75) is 13.0 Å². The molecule has 1 saturated heterocycles. The van der Waals surface area contributed by atoms with Gasteiger partial charge in [0.1, 0.15) is 5.82 Å². The second-order valence-corrected chi connectivity index (χ2v) is 6.74. The average Bonchev–Trinajstić information content (AvgIpc) is 3.23. The van der Waals surface area contributed by atoms with E-state index in [0.29, 0.717) is 17.3 Å². The molecule has 2 aromatic carbocycles. The number of ether oxygens (including phenoxy) is 1. The van der Waals surface area contributed by atoms with Crippen LogP contribution in [-0.4, -0.2) is 42.4 Å². The van der Waals surface area contributed by atoms with E-state index in [-0.39, 0.29) is 24.7 Å². The standard InChI is InChI=1S/C21H21FN4O3/c22-17-5-3-16(4-6-17)21-24-20(29-25-21)14-23-19(27)13-15-1-7-18(8-2-15)26-9-11-28-12-10-26/h1-8H,9-14H2,(H,23,27). The fourth-order valence-corrected chi connectivity index (χ4v) is 3.11. The van der Waals surface area contributed by atoms with E-state index in [1.54, 1.807) is 12.1 Å². The van der Waals surface area contributed by atoms with E-state index in [2.05, 4.69) is 20.4 Å². The summed E-state index contributed by atoms with van der Waals surface area (Å²) < 4.78 is 23.5. The van der Waals surface area contributed by atoms with Crippen LogP contribution in [0.25, 0.3) is 11.4 Å². The maximum Gasteiger partial charge on any atom is 0.246 e. The molecule has 0 saturated carbocycles. The highest BCUT2D eigenvalue weighted by molar-refractivity contribution is 5.78. The van der Waals surface area contributed by atoms with Crippen LogP contribution in [0.5, 0.6) is 0 Å². The number of carbonyl (C=O) groups excluding carboxylic acids is 1. The van der Waals surface area contributed by atoms with Crippen molar-refractivity contribution in [2.24, 2.45) is 0 Å². The molecule has 8 heteroatoms. The highest BCUT2D eigenvalue weighted by atomic mass is 19.1. The second-order valence-electron chi connectivity index (χ2n) is 6.74. The Kier molecular flexibility index (Phi) is 5.81. The van der Waals surface area contributed by atoms with E-state index in [1.807, 2.05) is 24.3 Å². The van der Waals surface area contributed by atoms with Gasteiger partial charge in [-0.3, -0.25) is 4.79 Å². The van der Waals surface area contributed by atoms with Crippen molar-refractivity contribution in [3.63, 3.8) is 0 Å². The molecule has 0 unspecified atom stereocenters. The van der Waals surface area contributed by atoms with Gasteiger partial charge in [-0.25, -0.2) is 4.39 Å². The number of benzene rings is 2. The van der Waals surface area contributed by atoms with E-state index in [9.17, 15) is 9.18 Å². The zero-order chi connectivity index (χ0) is 20.1. The van der Waals surface area contributed by atoms with Gasteiger partial charge in [0.05, 0.1) is 26.2 Å². The summed E-state index contributed by atoms with van der Waals surface area (Å²) in [4.78, 5) is 18.7. The van der Waals surface area contributed by atoms with Crippen molar-refractivity contribution in [1.82, 2.24) is 15.5 Å². The monoisotopic (exact) mass is 396 g/mol. The number of rotatable bonds is 6. The van der Waals surface area contributed by atoms with Crippen molar-refractivity contribution in [1.29, 1.82) is 0 Å². The van der Waals surface area contributed by atoms with E-state index < -0.39 is 0 Å². The van der Waals surface area contributed by atoms with Crippen LogP contribution in [0.2, 0.25) is 0 Å². The number of nitrogens with zero attached hydrogens (tertiary/aromatic N) is 3. The molecule has 150 valence electrons.